The topological polar surface area (TPSA) is 86.8 Å². The van der Waals surface area contributed by atoms with Crippen LogP contribution in [0.2, 0.25) is 0 Å². The summed E-state index contributed by atoms with van der Waals surface area (Å²) in [4.78, 5) is 52.2. The zero-order valence-corrected chi connectivity index (χ0v) is 22.2. The third-order valence-corrected chi connectivity index (χ3v) is 7.52. The van der Waals surface area contributed by atoms with Crippen LogP contribution in [0.4, 0.5) is 0 Å². The molecule has 1 N–H and O–H groups in total. The van der Waals surface area contributed by atoms with Gasteiger partial charge in [-0.15, -0.1) is 0 Å². The Labute approximate surface area is 206 Å². The van der Waals surface area contributed by atoms with Crippen molar-refractivity contribution in [1.82, 2.24) is 15.1 Å². The molecule has 2 atom stereocenters. The van der Waals surface area contributed by atoms with Gasteiger partial charge in [0.2, 0.25) is 23.6 Å². The van der Waals surface area contributed by atoms with Crippen molar-refractivity contribution in [3.63, 3.8) is 0 Å². The van der Waals surface area contributed by atoms with Crippen LogP contribution in [0.3, 0.4) is 0 Å². The summed E-state index contributed by atoms with van der Waals surface area (Å²) in [5, 5.41) is 2.96. The zero-order chi connectivity index (χ0) is 25.3. The van der Waals surface area contributed by atoms with Crippen LogP contribution < -0.4 is 5.32 Å². The minimum Gasteiger partial charge on any atom is -0.356 e. The molecule has 0 aromatic heterocycles. The molecule has 2 unspecified atom stereocenters. The molecule has 0 radical (unpaired) electrons. The van der Waals surface area contributed by atoms with E-state index in [2.05, 4.69) is 26.1 Å². The van der Waals surface area contributed by atoms with E-state index in [1.807, 2.05) is 18.7 Å². The first-order chi connectivity index (χ1) is 16.0. The smallest absolute Gasteiger partial charge is 0.233 e. The predicted molar refractivity (Wildman–Crippen MR) is 134 cm³/mol. The number of hydrogen-bond donors (Lipinski definition) is 1. The van der Waals surface area contributed by atoms with E-state index in [-0.39, 0.29) is 40.9 Å². The lowest BCUT2D eigenvalue weighted by atomic mass is 9.80. The third kappa shape index (κ3) is 8.70. The standard InChI is InChI=1S/C27H47N3O4/c1-20(2)22-18-25(33)30(26(22)34)16-11-7-8-12-23(31)28-15-10-6-9-13-24(32)29-17-14-21(19-29)27(3,4)5/h20-22H,6-19H2,1-5H3,(H,28,31). The molecule has 0 aliphatic carbocycles. The summed E-state index contributed by atoms with van der Waals surface area (Å²) >= 11 is 0. The fraction of sp³-hybridized carbons (Fsp3) is 0.852. The van der Waals surface area contributed by atoms with Crippen molar-refractivity contribution < 1.29 is 19.2 Å². The van der Waals surface area contributed by atoms with Gasteiger partial charge in [0.25, 0.3) is 0 Å². The Bertz CT molecular complexity index is 713. The number of carbonyl (C=O) groups excluding carboxylic acids is 4. The van der Waals surface area contributed by atoms with E-state index < -0.39 is 0 Å². The molecule has 34 heavy (non-hydrogen) atoms. The van der Waals surface area contributed by atoms with Gasteiger partial charge in [0, 0.05) is 51.4 Å². The van der Waals surface area contributed by atoms with Crippen LogP contribution in [-0.2, 0) is 19.2 Å². The van der Waals surface area contributed by atoms with Gasteiger partial charge < -0.3 is 10.2 Å². The number of imide groups is 1. The molecule has 2 heterocycles. The van der Waals surface area contributed by atoms with E-state index in [1.54, 1.807) is 0 Å². The monoisotopic (exact) mass is 477 g/mol. The van der Waals surface area contributed by atoms with Gasteiger partial charge in [-0.05, 0) is 49.4 Å². The van der Waals surface area contributed by atoms with E-state index in [0.717, 1.165) is 58.0 Å². The molecule has 2 saturated heterocycles. The SMILES string of the molecule is CC(C)C1CC(=O)N(CCCCCC(=O)NCCCCCC(=O)N2CCC(C(C)(C)C)C2)C1=O. The minimum atomic E-state index is -0.169. The molecule has 2 fully saturated rings. The number of likely N-dealkylation sites (tertiary alicyclic amines) is 2. The molecular formula is C27H47N3O4. The predicted octanol–water partition coefficient (Wildman–Crippen LogP) is 4.15. The van der Waals surface area contributed by atoms with E-state index >= 15 is 0 Å². The molecule has 0 aromatic rings. The highest BCUT2D eigenvalue weighted by Crippen LogP contribution is 2.33. The molecule has 0 saturated carbocycles. The van der Waals surface area contributed by atoms with Crippen molar-refractivity contribution in [1.29, 1.82) is 0 Å². The number of amides is 4. The van der Waals surface area contributed by atoms with E-state index in [4.69, 9.17) is 0 Å². The fourth-order valence-electron chi connectivity index (χ4n) is 4.94. The van der Waals surface area contributed by atoms with E-state index in [1.165, 1.54) is 4.90 Å². The lowest BCUT2D eigenvalue weighted by Gasteiger charge is -2.27. The first-order valence-electron chi connectivity index (χ1n) is 13.4. The molecule has 2 aliphatic heterocycles. The summed E-state index contributed by atoms with van der Waals surface area (Å²) in [5.74, 6) is 0.845. The Morgan fingerprint density at radius 3 is 2.29 bits per heavy atom. The molecule has 0 aromatic carbocycles. The lowest BCUT2D eigenvalue weighted by Crippen LogP contribution is -2.32. The second-order valence-corrected chi connectivity index (χ2v) is 11.6. The summed E-state index contributed by atoms with van der Waals surface area (Å²) in [6.07, 6.45) is 7.55. The van der Waals surface area contributed by atoms with E-state index in [0.29, 0.717) is 38.3 Å². The van der Waals surface area contributed by atoms with Crippen molar-refractivity contribution >= 4 is 23.6 Å². The molecule has 2 aliphatic rings. The number of carbonyl (C=O) groups is 4. The molecule has 7 nitrogen and oxygen atoms in total. The number of nitrogens with zero attached hydrogens (tertiary/aromatic N) is 2. The number of nitrogens with one attached hydrogen (secondary N) is 1. The minimum absolute atomic E-state index is 0.0334. The molecule has 2 rings (SSSR count). The van der Waals surface area contributed by atoms with Crippen LogP contribution >= 0.6 is 0 Å². The highest BCUT2D eigenvalue weighted by atomic mass is 16.2. The van der Waals surface area contributed by atoms with Gasteiger partial charge in [-0.1, -0.05) is 47.5 Å². The second kappa shape index (κ2) is 13.2. The van der Waals surface area contributed by atoms with Gasteiger partial charge in [0.15, 0.2) is 0 Å². The van der Waals surface area contributed by atoms with Crippen LogP contribution in [0.5, 0.6) is 0 Å². The van der Waals surface area contributed by atoms with Crippen LogP contribution in [0, 0.1) is 23.2 Å². The van der Waals surface area contributed by atoms with Crippen LogP contribution in [0.1, 0.15) is 98.8 Å². The molecule has 194 valence electrons. The van der Waals surface area contributed by atoms with Crippen molar-refractivity contribution in [2.24, 2.45) is 23.2 Å². The maximum atomic E-state index is 12.4. The largest absolute Gasteiger partial charge is 0.356 e. The van der Waals surface area contributed by atoms with Crippen LogP contribution in [0.15, 0.2) is 0 Å². The normalized spacial score (nSPS) is 21.1. The highest BCUT2D eigenvalue weighted by molar-refractivity contribution is 6.03. The van der Waals surface area contributed by atoms with Gasteiger partial charge in [-0.2, -0.15) is 0 Å². The van der Waals surface area contributed by atoms with Crippen molar-refractivity contribution in [2.75, 3.05) is 26.2 Å². The maximum absolute atomic E-state index is 12.4. The average Bonchev–Trinajstić information content (AvgIpc) is 3.36. The summed E-state index contributed by atoms with van der Waals surface area (Å²) in [6, 6.07) is 0. The second-order valence-electron chi connectivity index (χ2n) is 11.6. The highest BCUT2D eigenvalue weighted by Gasteiger charge is 2.39. The maximum Gasteiger partial charge on any atom is 0.233 e. The number of hydrogen-bond acceptors (Lipinski definition) is 4. The van der Waals surface area contributed by atoms with E-state index in [9.17, 15) is 19.2 Å². The Kier molecular flexibility index (Phi) is 11.0. The summed E-state index contributed by atoms with van der Waals surface area (Å²) in [5.41, 5.74) is 0.260. The fourth-order valence-corrected chi connectivity index (χ4v) is 4.94. The Hall–Kier alpha value is -1.92. The third-order valence-electron chi connectivity index (χ3n) is 7.52. The molecule has 4 amide bonds. The van der Waals surface area contributed by atoms with Crippen molar-refractivity contribution in [2.45, 2.75) is 98.8 Å². The van der Waals surface area contributed by atoms with Gasteiger partial charge >= 0.3 is 0 Å². The summed E-state index contributed by atoms with van der Waals surface area (Å²) < 4.78 is 0. The average molecular weight is 478 g/mol. The first kappa shape index (κ1) is 28.3. The van der Waals surface area contributed by atoms with Crippen LogP contribution in [-0.4, -0.2) is 59.6 Å². The quantitative estimate of drug-likeness (QED) is 0.319. The van der Waals surface area contributed by atoms with Crippen molar-refractivity contribution in [3.05, 3.63) is 0 Å². The molecule has 0 spiro atoms. The van der Waals surface area contributed by atoms with Crippen LogP contribution in [0.25, 0.3) is 0 Å². The Morgan fingerprint density at radius 1 is 1.00 bits per heavy atom. The molecule has 7 heteroatoms. The van der Waals surface area contributed by atoms with Crippen molar-refractivity contribution in [3.8, 4) is 0 Å². The Balaban J connectivity index is 1.45. The van der Waals surface area contributed by atoms with Gasteiger partial charge in [0.05, 0.1) is 0 Å². The summed E-state index contributed by atoms with van der Waals surface area (Å²) in [6.45, 7) is 13.6. The van der Waals surface area contributed by atoms with Gasteiger partial charge in [-0.25, -0.2) is 0 Å². The summed E-state index contributed by atoms with van der Waals surface area (Å²) in [7, 11) is 0. The zero-order valence-electron chi connectivity index (χ0n) is 22.2. The number of rotatable bonds is 13. The number of unbranched alkanes of at least 4 members (excludes halogenated alkanes) is 4. The molecular weight excluding hydrogens is 430 g/mol. The first-order valence-corrected chi connectivity index (χ1v) is 13.4. The van der Waals surface area contributed by atoms with Gasteiger partial charge in [0.1, 0.15) is 0 Å². The van der Waals surface area contributed by atoms with Gasteiger partial charge in [-0.3, -0.25) is 24.1 Å². The Morgan fingerprint density at radius 2 is 1.68 bits per heavy atom. The lowest BCUT2D eigenvalue weighted by molar-refractivity contribution is -0.140. The molecule has 0 bridgehead atoms.